The summed E-state index contributed by atoms with van der Waals surface area (Å²) in [6, 6.07) is -0.991. The number of aliphatic hydroxyl groups is 11. The van der Waals surface area contributed by atoms with Crippen LogP contribution in [0.4, 0.5) is 0 Å². The minimum Gasteiger partial charge on any atom is -0.394 e. The number of ether oxygens (including phenoxy) is 6. The summed E-state index contributed by atoms with van der Waals surface area (Å²) in [6.07, 6.45) is 18.7. The van der Waals surface area contributed by atoms with E-state index in [-0.39, 0.29) is 18.9 Å². The molecule has 0 saturated carbocycles. The van der Waals surface area contributed by atoms with Crippen LogP contribution in [-0.4, -0.2) is 193 Å². The maximum absolute atomic E-state index is 13.3. The Hall–Kier alpha value is -1.99. The molecule has 17 unspecified atom stereocenters. The van der Waals surface area contributed by atoms with E-state index >= 15 is 0 Å². The summed E-state index contributed by atoms with van der Waals surface area (Å²) in [5, 5.41) is 120. The quantitative estimate of drug-likeness (QED) is 0.0271. The van der Waals surface area contributed by atoms with Crippen LogP contribution in [0.15, 0.2) is 36.5 Å². The van der Waals surface area contributed by atoms with E-state index < -0.39 is 124 Å². The van der Waals surface area contributed by atoms with Gasteiger partial charge in [-0.25, -0.2) is 0 Å². The molecule has 12 N–H and O–H groups in total. The van der Waals surface area contributed by atoms with Crippen LogP contribution in [-0.2, 0) is 33.2 Å². The van der Waals surface area contributed by atoms with Gasteiger partial charge >= 0.3 is 0 Å². The van der Waals surface area contributed by atoms with Crippen molar-refractivity contribution in [3.63, 3.8) is 0 Å². The van der Waals surface area contributed by atoms with Gasteiger partial charge in [-0.15, -0.1) is 0 Å². The Morgan fingerprint density at radius 3 is 1.26 bits per heavy atom. The molecule has 3 aliphatic rings. The average molecular weight is 1120 g/mol. The molecule has 3 fully saturated rings. The van der Waals surface area contributed by atoms with Gasteiger partial charge in [0, 0.05) is 6.42 Å². The van der Waals surface area contributed by atoms with Gasteiger partial charge in [-0.2, -0.15) is 0 Å². The molecule has 3 rings (SSSR count). The molecule has 0 aromatic rings. The Morgan fingerprint density at radius 2 is 0.821 bits per heavy atom. The first-order valence-electron chi connectivity index (χ1n) is 30.2. The second kappa shape index (κ2) is 42.8. The van der Waals surface area contributed by atoms with Crippen LogP contribution in [0.2, 0.25) is 0 Å². The molecule has 1 amide bonds. The molecule has 78 heavy (non-hydrogen) atoms. The van der Waals surface area contributed by atoms with Crippen molar-refractivity contribution >= 4 is 5.91 Å². The summed E-state index contributed by atoms with van der Waals surface area (Å²) >= 11 is 0. The highest BCUT2D eigenvalue weighted by Crippen LogP contribution is 2.33. The number of aliphatic hydroxyl groups excluding tert-OH is 11. The van der Waals surface area contributed by atoms with Gasteiger partial charge in [0.15, 0.2) is 18.9 Å². The van der Waals surface area contributed by atoms with E-state index in [1.165, 1.54) is 116 Å². The monoisotopic (exact) mass is 1120 g/mol. The molecule has 456 valence electrons. The number of nitrogens with one attached hydrogen (secondary N) is 1. The highest BCUT2D eigenvalue weighted by molar-refractivity contribution is 5.76. The number of hydrogen-bond donors (Lipinski definition) is 12. The van der Waals surface area contributed by atoms with Crippen molar-refractivity contribution in [2.24, 2.45) is 0 Å². The SMILES string of the molecule is CCC/C=C/CC/C=C/CC/C=C/C(O)C(COC1OC(CO)C(OC2OC(CO)C(OC3OC(CO)C(O)C(O)C3O)C(O)C2O)C(O)C1O)NC(=O)CCCCCCCCCCCCCCCCCCCCCCCC. The predicted octanol–water partition coefficient (Wildman–Crippen LogP) is 5.32. The number of amides is 1. The van der Waals surface area contributed by atoms with E-state index in [2.05, 4.69) is 43.5 Å². The zero-order chi connectivity index (χ0) is 56.9. The van der Waals surface area contributed by atoms with E-state index in [1.807, 2.05) is 6.08 Å². The van der Waals surface area contributed by atoms with Gasteiger partial charge in [-0.3, -0.25) is 4.79 Å². The first-order chi connectivity index (χ1) is 37.8. The number of unbranched alkanes of at least 4 members (excludes halogenated alkanes) is 24. The fraction of sp³-hybridized carbons (Fsp3) is 0.881. The largest absolute Gasteiger partial charge is 0.394 e. The van der Waals surface area contributed by atoms with Crippen molar-refractivity contribution in [1.82, 2.24) is 5.32 Å². The molecule has 0 radical (unpaired) electrons. The maximum Gasteiger partial charge on any atom is 0.220 e. The van der Waals surface area contributed by atoms with E-state index in [0.717, 1.165) is 51.4 Å². The van der Waals surface area contributed by atoms with Crippen molar-refractivity contribution in [3.8, 4) is 0 Å². The Balaban J connectivity index is 1.46. The van der Waals surface area contributed by atoms with Gasteiger partial charge < -0.3 is 89.9 Å². The van der Waals surface area contributed by atoms with Crippen LogP contribution in [0.1, 0.15) is 200 Å². The minimum atomic E-state index is -1.98. The fourth-order valence-electron chi connectivity index (χ4n) is 10.2. The summed E-state index contributed by atoms with van der Waals surface area (Å²) in [5.41, 5.74) is 0. The molecule has 0 aromatic heterocycles. The van der Waals surface area contributed by atoms with Crippen molar-refractivity contribution in [2.45, 2.75) is 304 Å². The third-order valence-corrected chi connectivity index (χ3v) is 15.2. The summed E-state index contributed by atoms with van der Waals surface area (Å²) in [7, 11) is 0. The molecule has 3 heterocycles. The van der Waals surface area contributed by atoms with Crippen molar-refractivity contribution in [1.29, 1.82) is 0 Å². The number of carbonyl (C=O) groups is 1. The molecule has 17 atom stereocenters. The summed E-state index contributed by atoms with van der Waals surface area (Å²) in [5.74, 6) is -0.290. The molecule has 0 bridgehead atoms. The highest BCUT2D eigenvalue weighted by atomic mass is 16.8. The summed E-state index contributed by atoms with van der Waals surface area (Å²) in [4.78, 5) is 13.3. The van der Waals surface area contributed by atoms with E-state index in [9.17, 15) is 61.0 Å². The standard InChI is InChI=1S/C59H107NO18/c1-3-5-7-9-11-13-15-16-17-18-19-20-21-22-23-24-25-27-29-31-33-35-37-47(65)60-42(43(64)36-34-32-30-28-26-14-12-10-8-6-4-2)41-73-57-53(71)50(68)55(45(39-62)75-57)78-59-54(72)51(69)56(46(40-63)76-59)77-58-52(70)49(67)48(66)44(38-61)74-58/h8,10,26,28,34,36,42-46,48-59,61-64,66-72H,3-7,9,11-25,27,29-33,35,37-41H2,1-2H3,(H,60,65)/b10-8+,28-26+,36-34+. The summed E-state index contributed by atoms with van der Waals surface area (Å²) < 4.78 is 34.2. The number of carbonyl (C=O) groups excluding carboxylic acids is 1. The summed E-state index contributed by atoms with van der Waals surface area (Å²) in [6.45, 7) is 1.62. The van der Waals surface area contributed by atoms with Crippen LogP contribution in [0.25, 0.3) is 0 Å². The Morgan fingerprint density at radius 1 is 0.449 bits per heavy atom. The molecule has 0 aromatic carbocycles. The molecule has 19 heteroatoms. The Kier molecular flexibility index (Phi) is 38.5. The van der Waals surface area contributed by atoms with Gasteiger partial charge in [0.1, 0.15) is 73.2 Å². The third kappa shape index (κ3) is 26.5. The van der Waals surface area contributed by atoms with Gasteiger partial charge in [0.2, 0.25) is 5.91 Å². The topological polar surface area (TPSA) is 307 Å². The molecular weight excluding hydrogens is 1010 g/mol. The molecule has 0 spiro atoms. The highest BCUT2D eigenvalue weighted by Gasteiger charge is 2.53. The lowest BCUT2D eigenvalue weighted by Crippen LogP contribution is -2.66. The Labute approximate surface area is 466 Å². The zero-order valence-electron chi connectivity index (χ0n) is 47.4. The smallest absolute Gasteiger partial charge is 0.220 e. The van der Waals surface area contributed by atoms with Crippen LogP contribution in [0.5, 0.6) is 0 Å². The zero-order valence-corrected chi connectivity index (χ0v) is 47.4. The van der Waals surface area contributed by atoms with Crippen LogP contribution in [0.3, 0.4) is 0 Å². The number of allylic oxidation sites excluding steroid dienone is 5. The van der Waals surface area contributed by atoms with Crippen LogP contribution < -0.4 is 5.32 Å². The second-order valence-electron chi connectivity index (χ2n) is 21.8. The lowest BCUT2D eigenvalue weighted by atomic mass is 9.96. The molecule has 0 aliphatic carbocycles. The van der Waals surface area contributed by atoms with Gasteiger partial charge in [0.25, 0.3) is 0 Å². The first kappa shape index (κ1) is 70.3. The second-order valence-corrected chi connectivity index (χ2v) is 21.8. The maximum atomic E-state index is 13.3. The van der Waals surface area contributed by atoms with E-state index in [0.29, 0.717) is 12.8 Å². The Bertz CT molecular complexity index is 1570. The molecule has 3 aliphatic heterocycles. The van der Waals surface area contributed by atoms with Crippen molar-refractivity contribution in [3.05, 3.63) is 36.5 Å². The van der Waals surface area contributed by atoms with Crippen LogP contribution in [0, 0.1) is 0 Å². The van der Waals surface area contributed by atoms with Crippen molar-refractivity contribution in [2.75, 3.05) is 26.4 Å². The van der Waals surface area contributed by atoms with Gasteiger partial charge in [0.05, 0.1) is 38.6 Å². The third-order valence-electron chi connectivity index (χ3n) is 15.2. The fourth-order valence-corrected chi connectivity index (χ4v) is 10.2. The minimum absolute atomic E-state index is 0.235. The first-order valence-corrected chi connectivity index (χ1v) is 30.2. The molecular formula is C59H107NO18. The average Bonchev–Trinajstić information content (AvgIpc) is 3.45. The molecule has 3 saturated heterocycles. The van der Waals surface area contributed by atoms with Crippen LogP contribution >= 0.6 is 0 Å². The van der Waals surface area contributed by atoms with Gasteiger partial charge in [-0.1, -0.05) is 192 Å². The van der Waals surface area contributed by atoms with E-state index in [4.69, 9.17) is 28.4 Å². The lowest BCUT2D eigenvalue weighted by molar-refractivity contribution is -0.379. The lowest BCUT2D eigenvalue weighted by Gasteiger charge is -2.48. The normalized spacial score (nSPS) is 30.7. The number of hydrogen-bond acceptors (Lipinski definition) is 18. The number of rotatable bonds is 44. The van der Waals surface area contributed by atoms with Crippen molar-refractivity contribution < 1.29 is 89.4 Å². The van der Waals surface area contributed by atoms with E-state index in [1.54, 1.807) is 6.08 Å². The molecule has 19 nitrogen and oxygen atoms in total. The predicted molar refractivity (Wildman–Crippen MR) is 296 cm³/mol. The van der Waals surface area contributed by atoms with Gasteiger partial charge in [-0.05, 0) is 38.5 Å².